The molecule has 0 N–H and O–H groups in total. The van der Waals surface area contributed by atoms with Crippen LogP contribution in [0.3, 0.4) is 0 Å². The lowest BCUT2D eigenvalue weighted by Crippen LogP contribution is -2.08. The maximum atomic E-state index is 12.5. The van der Waals surface area contributed by atoms with Crippen molar-refractivity contribution in [3.63, 3.8) is 0 Å². The molecule has 118 valence electrons. The first-order chi connectivity index (χ1) is 10.3. The van der Waals surface area contributed by atoms with Crippen LogP contribution in [0.2, 0.25) is 0 Å². The highest BCUT2D eigenvalue weighted by Gasteiger charge is 2.32. The largest absolute Gasteiger partial charge is 0.463 e. The average Bonchev–Trinajstić information content (AvgIpc) is 2.85. The topological polar surface area (TPSA) is 65.2 Å². The van der Waals surface area contributed by atoms with Crippen LogP contribution in [0.25, 0.3) is 0 Å². The van der Waals surface area contributed by atoms with Crippen molar-refractivity contribution in [3.05, 3.63) is 41.1 Å². The highest BCUT2D eigenvalue weighted by molar-refractivity contribution is 7.98. The Labute approximate surface area is 127 Å². The maximum absolute atomic E-state index is 12.5. The van der Waals surface area contributed by atoms with Gasteiger partial charge in [0.1, 0.15) is 11.5 Å². The highest BCUT2D eigenvalue weighted by Crippen LogP contribution is 2.29. The number of nitrogens with zero attached hydrogens (tertiary/aromatic N) is 2. The third-order valence-corrected chi connectivity index (χ3v) is 3.49. The first-order valence-electron chi connectivity index (χ1n) is 6.02. The molecule has 5 nitrogen and oxygen atoms in total. The van der Waals surface area contributed by atoms with Gasteiger partial charge in [-0.2, -0.15) is 13.2 Å². The summed E-state index contributed by atoms with van der Waals surface area (Å²) in [7, 11) is 1.23. The summed E-state index contributed by atoms with van der Waals surface area (Å²) < 4.78 is 47.5. The minimum atomic E-state index is -4.52. The smallest absolute Gasteiger partial charge is 0.433 e. The van der Waals surface area contributed by atoms with Crippen molar-refractivity contribution >= 4 is 17.7 Å². The Morgan fingerprint density at radius 1 is 1.45 bits per heavy atom. The van der Waals surface area contributed by atoms with E-state index in [1.54, 1.807) is 13.0 Å². The summed E-state index contributed by atoms with van der Waals surface area (Å²) in [6, 6.07) is 2.42. The number of furan rings is 1. The predicted octanol–water partition coefficient (Wildman–Crippen LogP) is 3.48. The van der Waals surface area contributed by atoms with E-state index in [4.69, 9.17) is 4.42 Å². The normalized spacial score (nSPS) is 11.5. The van der Waals surface area contributed by atoms with Crippen molar-refractivity contribution in [2.24, 2.45) is 0 Å². The van der Waals surface area contributed by atoms with Gasteiger partial charge < -0.3 is 9.15 Å². The summed E-state index contributed by atoms with van der Waals surface area (Å²) in [5.41, 5.74) is -0.414. The molecule has 0 aliphatic heterocycles. The maximum Gasteiger partial charge on any atom is 0.433 e. The van der Waals surface area contributed by atoms with Gasteiger partial charge in [0.05, 0.1) is 12.9 Å². The number of esters is 1. The molecule has 0 fully saturated rings. The number of hydrogen-bond donors (Lipinski definition) is 0. The van der Waals surface area contributed by atoms with E-state index in [1.807, 2.05) is 0 Å². The summed E-state index contributed by atoms with van der Waals surface area (Å²) in [6.07, 6.45) is -3.47. The fourth-order valence-corrected chi connectivity index (χ4v) is 2.33. The Bertz CT molecular complexity index is 685. The van der Waals surface area contributed by atoms with Gasteiger partial charge >= 0.3 is 12.1 Å². The van der Waals surface area contributed by atoms with Crippen LogP contribution in [0.5, 0.6) is 0 Å². The van der Waals surface area contributed by atoms with Crippen molar-refractivity contribution in [3.8, 4) is 0 Å². The van der Waals surface area contributed by atoms with E-state index in [1.165, 1.54) is 7.11 Å². The van der Waals surface area contributed by atoms with Gasteiger partial charge in [0, 0.05) is 11.8 Å². The van der Waals surface area contributed by atoms with E-state index >= 15 is 0 Å². The molecule has 0 saturated carbocycles. The van der Waals surface area contributed by atoms with Gasteiger partial charge in [-0.25, -0.2) is 14.8 Å². The zero-order valence-corrected chi connectivity index (χ0v) is 12.4. The number of alkyl halides is 3. The fraction of sp³-hybridized carbons (Fsp3) is 0.308. The van der Waals surface area contributed by atoms with Gasteiger partial charge in [-0.1, -0.05) is 11.8 Å². The molecular weight excluding hydrogens is 321 g/mol. The van der Waals surface area contributed by atoms with E-state index in [9.17, 15) is 18.0 Å². The Morgan fingerprint density at radius 2 is 2.18 bits per heavy atom. The predicted molar refractivity (Wildman–Crippen MR) is 71.4 cm³/mol. The Morgan fingerprint density at radius 3 is 2.82 bits per heavy atom. The molecule has 0 bridgehead atoms. The summed E-state index contributed by atoms with van der Waals surface area (Å²) in [5.74, 6) is 0.0788. The quantitative estimate of drug-likeness (QED) is 0.485. The second kappa shape index (κ2) is 6.39. The SMILES string of the molecule is COC(=O)c1oc(CSc2nccc(C(F)(F)F)n2)cc1C. The minimum absolute atomic E-state index is 0.0245. The summed E-state index contributed by atoms with van der Waals surface area (Å²) in [5, 5.41) is -0.0245. The van der Waals surface area contributed by atoms with Gasteiger partial charge in [-0.05, 0) is 19.1 Å². The van der Waals surface area contributed by atoms with Gasteiger partial charge in [-0.15, -0.1) is 0 Å². The molecule has 0 amide bonds. The number of methoxy groups -OCH3 is 1. The number of rotatable bonds is 4. The number of carbonyl (C=O) groups excluding carboxylic acids is 1. The van der Waals surface area contributed by atoms with Crippen LogP contribution in [0.1, 0.15) is 27.6 Å². The zero-order chi connectivity index (χ0) is 16.3. The van der Waals surface area contributed by atoms with E-state index < -0.39 is 17.8 Å². The Hall–Kier alpha value is -2.03. The molecule has 2 aromatic rings. The summed E-state index contributed by atoms with van der Waals surface area (Å²) in [4.78, 5) is 18.6. The van der Waals surface area contributed by atoms with Gasteiger partial charge in [-0.3, -0.25) is 0 Å². The monoisotopic (exact) mass is 332 g/mol. The van der Waals surface area contributed by atoms with E-state index in [0.717, 1.165) is 24.0 Å². The molecule has 22 heavy (non-hydrogen) atoms. The molecule has 0 aromatic carbocycles. The number of carbonyl (C=O) groups is 1. The van der Waals surface area contributed by atoms with E-state index in [-0.39, 0.29) is 16.7 Å². The average molecular weight is 332 g/mol. The van der Waals surface area contributed by atoms with Gasteiger partial charge in [0.15, 0.2) is 5.16 Å². The second-order valence-corrected chi connectivity index (χ2v) is 5.17. The van der Waals surface area contributed by atoms with Gasteiger partial charge in [0.2, 0.25) is 5.76 Å². The molecule has 0 spiro atoms. The van der Waals surface area contributed by atoms with Crippen molar-refractivity contribution in [1.82, 2.24) is 9.97 Å². The standard InChI is InChI=1S/C13H11F3N2O3S/c1-7-5-8(21-10(7)11(19)20-2)6-22-12-17-4-3-9(18-12)13(14,15)16/h3-5H,6H2,1-2H3. The molecule has 9 heteroatoms. The van der Waals surface area contributed by atoms with Crippen LogP contribution in [0.4, 0.5) is 13.2 Å². The first kappa shape index (κ1) is 16.3. The molecule has 0 atom stereocenters. The van der Waals surface area contributed by atoms with E-state index in [0.29, 0.717) is 11.3 Å². The summed E-state index contributed by atoms with van der Waals surface area (Å²) >= 11 is 0.977. The molecule has 0 aliphatic carbocycles. The molecule has 2 aromatic heterocycles. The number of aryl methyl sites for hydroxylation is 1. The van der Waals surface area contributed by atoms with Crippen LogP contribution in [0.15, 0.2) is 27.9 Å². The van der Waals surface area contributed by atoms with Crippen LogP contribution in [-0.4, -0.2) is 23.0 Å². The second-order valence-electron chi connectivity index (χ2n) is 4.23. The van der Waals surface area contributed by atoms with Crippen molar-refractivity contribution in [2.45, 2.75) is 24.0 Å². The molecule has 2 heterocycles. The fourth-order valence-electron chi connectivity index (χ4n) is 1.62. The third-order valence-electron chi connectivity index (χ3n) is 2.61. The number of halogens is 3. The lowest BCUT2D eigenvalue weighted by Gasteiger charge is -2.05. The lowest BCUT2D eigenvalue weighted by molar-refractivity contribution is -0.141. The molecule has 0 saturated heterocycles. The number of thioether (sulfide) groups is 1. The van der Waals surface area contributed by atoms with E-state index in [2.05, 4.69) is 14.7 Å². The molecule has 0 unspecified atom stereocenters. The third kappa shape index (κ3) is 3.79. The minimum Gasteiger partial charge on any atom is -0.463 e. The van der Waals surface area contributed by atoms with Crippen molar-refractivity contribution in [1.29, 1.82) is 0 Å². The molecule has 2 rings (SSSR count). The zero-order valence-electron chi connectivity index (χ0n) is 11.6. The van der Waals surface area contributed by atoms with Crippen LogP contribution >= 0.6 is 11.8 Å². The number of ether oxygens (including phenoxy) is 1. The first-order valence-corrected chi connectivity index (χ1v) is 7.00. The van der Waals surface area contributed by atoms with Crippen LogP contribution in [-0.2, 0) is 16.7 Å². The van der Waals surface area contributed by atoms with Gasteiger partial charge in [0.25, 0.3) is 0 Å². The number of aromatic nitrogens is 2. The van der Waals surface area contributed by atoms with Crippen molar-refractivity contribution in [2.75, 3.05) is 7.11 Å². The molecular formula is C13H11F3N2O3S. The Balaban J connectivity index is 2.09. The lowest BCUT2D eigenvalue weighted by atomic mass is 10.3. The molecule has 0 aliphatic rings. The van der Waals surface area contributed by atoms with Crippen LogP contribution in [0, 0.1) is 6.92 Å². The molecule has 0 radical (unpaired) electrons. The van der Waals surface area contributed by atoms with Crippen LogP contribution < -0.4 is 0 Å². The highest BCUT2D eigenvalue weighted by atomic mass is 32.2. The summed E-state index contributed by atoms with van der Waals surface area (Å²) in [6.45, 7) is 1.67. The Kier molecular flexibility index (Phi) is 4.74. The number of hydrogen-bond acceptors (Lipinski definition) is 6. The van der Waals surface area contributed by atoms with Crippen molar-refractivity contribution < 1.29 is 27.1 Å².